The Morgan fingerprint density at radius 3 is 2.76 bits per heavy atom. The average molecular weight is 404 g/mol. The second kappa shape index (κ2) is 8.43. The van der Waals surface area contributed by atoms with E-state index in [0.717, 1.165) is 43.4 Å². The van der Waals surface area contributed by atoms with Crippen molar-refractivity contribution in [3.63, 3.8) is 0 Å². The molecule has 3 aromatic rings. The maximum absolute atomic E-state index is 4.78. The molecule has 0 amide bonds. The van der Waals surface area contributed by atoms with Gasteiger partial charge in [0.2, 0.25) is 5.95 Å². The SMILES string of the molecule is c1ccc2c(c1)CCCN2c1ccnc(Nc2ccc(SNCC3CC3)cc2)n1. The van der Waals surface area contributed by atoms with Gasteiger partial charge in [0.1, 0.15) is 5.82 Å². The summed E-state index contributed by atoms with van der Waals surface area (Å²) in [6.07, 6.45) is 6.84. The Morgan fingerprint density at radius 1 is 1.03 bits per heavy atom. The van der Waals surface area contributed by atoms with Gasteiger partial charge in [0, 0.05) is 35.6 Å². The lowest BCUT2D eigenvalue weighted by Crippen LogP contribution is -2.25. The minimum absolute atomic E-state index is 0.623. The Labute approximate surface area is 176 Å². The molecule has 2 aliphatic rings. The van der Waals surface area contributed by atoms with E-state index in [9.17, 15) is 0 Å². The van der Waals surface area contributed by atoms with Crippen molar-refractivity contribution in [3.8, 4) is 0 Å². The summed E-state index contributed by atoms with van der Waals surface area (Å²) in [4.78, 5) is 12.7. The van der Waals surface area contributed by atoms with Gasteiger partial charge in [0.25, 0.3) is 0 Å². The van der Waals surface area contributed by atoms with Gasteiger partial charge in [-0.25, -0.2) is 4.98 Å². The number of fused-ring (bicyclic) bond motifs is 1. The predicted molar refractivity (Wildman–Crippen MR) is 120 cm³/mol. The lowest BCUT2D eigenvalue weighted by molar-refractivity contribution is 0.759. The minimum atomic E-state index is 0.623. The highest BCUT2D eigenvalue weighted by molar-refractivity contribution is 7.97. The number of benzene rings is 2. The van der Waals surface area contributed by atoms with E-state index in [2.05, 4.69) is 68.5 Å². The summed E-state index contributed by atoms with van der Waals surface area (Å²) >= 11 is 1.70. The molecule has 1 aromatic heterocycles. The van der Waals surface area contributed by atoms with Gasteiger partial charge in [0.15, 0.2) is 0 Å². The number of rotatable bonds is 7. The first kappa shape index (κ1) is 18.5. The summed E-state index contributed by atoms with van der Waals surface area (Å²) in [6.45, 7) is 2.08. The van der Waals surface area contributed by atoms with E-state index in [4.69, 9.17) is 4.98 Å². The topological polar surface area (TPSA) is 53.1 Å². The van der Waals surface area contributed by atoms with Crippen LogP contribution in [0, 0.1) is 5.92 Å². The minimum Gasteiger partial charge on any atom is -0.326 e. The number of hydrogen-bond donors (Lipinski definition) is 2. The van der Waals surface area contributed by atoms with Crippen LogP contribution >= 0.6 is 11.9 Å². The number of aryl methyl sites for hydroxylation is 1. The van der Waals surface area contributed by atoms with Gasteiger partial charge >= 0.3 is 0 Å². The molecule has 0 atom stereocenters. The van der Waals surface area contributed by atoms with Crippen LogP contribution in [0.5, 0.6) is 0 Å². The zero-order valence-electron chi connectivity index (χ0n) is 16.3. The second-order valence-electron chi connectivity index (χ2n) is 7.67. The van der Waals surface area contributed by atoms with Crippen LogP contribution in [0.2, 0.25) is 0 Å². The third-order valence-corrected chi connectivity index (χ3v) is 6.22. The lowest BCUT2D eigenvalue weighted by Gasteiger charge is -2.30. The highest BCUT2D eigenvalue weighted by Gasteiger charge is 2.20. The van der Waals surface area contributed by atoms with E-state index in [-0.39, 0.29) is 0 Å². The van der Waals surface area contributed by atoms with Gasteiger partial charge in [-0.2, -0.15) is 4.98 Å². The summed E-state index contributed by atoms with van der Waals surface area (Å²) in [7, 11) is 0. The van der Waals surface area contributed by atoms with Crippen LogP contribution in [0.4, 0.5) is 23.1 Å². The molecule has 1 saturated carbocycles. The third-order valence-electron chi connectivity index (χ3n) is 5.40. The molecule has 1 aliphatic heterocycles. The van der Waals surface area contributed by atoms with Crippen molar-refractivity contribution in [1.82, 2.24) is 14.7 Å². The molecule has 2 heterocycles. The van der Waals surface area contributed by atoms with Crippen molar-refractivity contribution in [2.24, 2.45) is 5.92 Å². The highest BCUT2D eigenvalue weighted by Crippen LogP contribution is 2.32. The van der Waals surface area contributed by atoms with Gasteiger partial charge < -0.3 is 10.2 Å². The van der Waals surface area contributed by atoms with E-state index in [0.29, 0.717) is 5.95 Å². The molecule has 148 valence electrons. The molecule has 0 unspecified atom stereocenters. The van der Waals surface area contributed by atoms with Crippen LogP contribution in [0.25, 0.3) is 0 Å². The van der Waals surface area contributed by atoms with Crippen molar-refractivity contribution >= 4 is 35.1 Å². The summed E-state index contributed by atoms with van der Waals surface area (Å²) in [5, 5.41) is 3.34. The quantitative estimate of drug-likeness (QED) is 0.521. The maximum Gasteiger partial charge on any atom is 0.229 e. The first-order valence-corrected chi connectivity index (χ1v) is 11.1. The summed E-state index contributed by atoms with van der Waals surface area (Å²) in [5.74, 6) is 2.45. The van der Waals surface area contributed by atoms with Crippen molar-refractivity contribution in [2.75, 3.05) is 23.3 Å². The molecule has 0 spiro atoms. The first-order chi connectivity index (χ1) is 14.3. The zero-order valence-corrected chi connectivity index (χ0v) is 17.2. The van der Waals surface area contributed by atoms with E-state index >= 15 is 0 Å². The number of nitrogens with one attached hydrogen (secondary N) is 2. The fraction of sp³-hybridized carbons (Fsp3) is 0.304. The molecule has 0 bridgehead atoms. The smallest absolute Gasteiger partial charge is 0.229 e. The van der Waals surface area contributed by atoms with Crippen molar-refractivity contribution in [1.29, 1.82) is 0 Å². The normalized spacial score (nSPS) is 15.8. The van der Waals surface area contributed by atoms with Crippen molar-refractivity contribution in [2.45, 2.75) is 30.6 Å². The largest absolute Gasteiger partial charge is 0.326 e. The van der Waals surface area contributed by atoms with E-state index < -0.39 is 0 Å². The van der Waals surface area contributed by atoms with Crippen LogP contribution in [0.3, 0.4) is 0 Å². The number of nitrogens with zero attached hydrogens (tertiary/aromatic N) is 3. The summed E-state index contributed by atoms with van der Waals surface area (Å²) in [6, 6.07) is 19.0. The molecule has 5 nitrogen and oxygen atoms in total. The third kappa shape index (κ3) is 4.54. The molecule has 29 heavy (non-hydrogen) atoms. The maximum atomic E-state index is 4.78. The molecular formula is C23H25N5S. The standard InChI is InChI=1S/C23H25N5S/c1-2-6-21-18(4-1)5-3-15-28(21)22-13-14-24-23(27-22)26-19-9-11-20(12-10-19)29-25-16-17-7-8-17/h1-2,4,6,9-14,17,25H,3,5,7-8,15-16H2,(H,24,26,27). The first-order valence-electron chi connectivity index (χ1n) is 10.3. The fourth-order valence-corrected chi connectivity index (χ4v) is 4.39. The molecule has 1 aliphatic carbocycles. The van der Waals surface area contributed by atoms with Crippen LogP contribution in [0.1, 0.15) is 24.8 Å². The van der Waals surface area contributed by atoms with Gasteiger partial charge in [-0.15, -0.1) is 0 Å². The van der Waals surface area contributed by atoms with Crippen LogP contribution in [-0.2, 0) is 6.42 Å². The Bertz CT molecular complexity index is 971. The second-order valence-corrected chi connectivity index (χ2v) is 8.63. The van der Waals surface area contributed by atoms with Gasteiger partial charge in [0.05, 0.1) is 0 Å². The average Bonchev–Trinajstić information content (AvgIpc) is 3.59. The number of aromatic nitrogens is 2. The Balaban J connectivity index is 1.27. The number of hydrogen-bond acceptors (Lipinski definition) is 6. The van der Waals surface area contributed by atoms with Gasteiger partial charge in [-0.3, -0.25) is 4.72 Å². The molecule has 0 radical (unpaired) electrons. The molecule has 5 rings (SSSR count). The van der Waals surface area contributed by atoms with Crippen LogP contribution < -0.4 is 14.9 Å². The molecule has 1 fully saturated rings. The van der Waals surface area contributed by atoms with Gasteiger partial charge in [-0.05, 0) is 85.5 Å². The zero-order chi connectivity index (χ0) is 19.5. The van der Waals surface area contributed by atoms with Crippen LogP contribution in [0.15, 0.2) is 65.7 Å². The Kier molecular flexibility index (Phi) is 5.37. The Morgan fingerprint density at radius 2 is 1.90 bits per heavy atom. The molecular weight excluding hydrogens is 378 g/mol. The van der Waals surface area contributed by atoms with E-state index in [1.54, 1.807) is 11.9 Å². The fourth-order valence-electron chi connectivity index (χ4n) is 3.63. The summed E-state index contributed by atoms with van der Waals surface area (Å²) in [5.41, 5.74) is 3.63. The number of anilines is 4. The van der Waals surface area contributed by atoms with E-state index in [1.807, 2.05) is 12.3 Å². The van der Waals surface area contributed by atoms with Gasteiger partial charge in [-0.1, -0.05) is 18.2 Å². The van der Waals surface area contributed by atoms with Crippen LogP contribution in [-0.4, -0.2) is 23.1 Å². The van der Waals surface area contributed by atoms with E-state index in [1.165, 1.54) is 29.0 Å². The highest BCUT2D eigenvalue weighted by atomic mass is 32.2. The monoisotopic (exact) mass is 403 g/mol. The summed E-state index contributed by atoms with van der Waals surface area (Å²) < 4.78 is 3.45. The molecule has 6 heteroatoms. The Hall–Kier alpha value is -2.57. The molecule has 2 N–H and O–H groups in total. The lowest BCUT2D eigenvalue weighted by atomic mass is 10.0. The number of para-hydroxylation sites is 1. The predicted octanol–water partition coefficient (Wildman–Crippen LogP) is 5.31. The van der Waals surface area contributed by atoms with Crippen molar-refractivity contribution in [3.05, 3.63) is 66.4 Å². The van der Waals surface area contributed by atoms with Crippen molar-refractivity contribution < 1.29 is 0 Å². The molecule has 2 aromatic carbocycles. The molecule has 0 saturated heterocycles.